The molecule has 124 valence electrons. The van der Waals surface area contributed by atoms with Crippen molar-refractivity contribution in [2.24, 2.45) is 0 Å². The summed E-state index contributed by atoms with van der Waals surface area (Å²) < 4.78 is 10.5. The Morgan fingerprint density at radius 3 is 1.88 bits per heavy atom. The molecule has 0 atom stereocenters. The van der Waals surface area contributed by atoms with Crippen LogP contribution in [0.15, 0.2) is 54.6 Å². The Morgan fingerprint density at radius 2 is 1.32 bits per heavy atom. The molecule has 0 amide bonds. The van der Waals surface area contributed by atoms with Crippen molar-refractivity contribution in [3.63, 3.8) is 0 Å². The van der Waals surface area contributed by atoms with Gasteiger partial charge in [-0.3, -0.25) is 0 Å². The number of esters is 2. The van der Waals surface area contributed by atoms with Gasteiger partial charge in [0.15, 0.2) is 0 Å². The van der Waals surface area contributed by atoms with Gasteiger partial charge in [0.1, 0.15) is 6.61 Å². The van der Waals surface area contributed by atoms with Crippen LogP contribution in [0.4, 0.5) is 0 Å². The molecule has 0 saturated carbocycles. The van der Waals surface area contributed by atoms with Crippen LogP contribution in [0.25, 0.3) is 0 Å². The zero-order valence-corrected chi connectivity index (χ0v) is 13.2. The second kappa shape index (κ2) is 13.6. The molecule has 0 unspecified atom stereocenters. The molecule has 2 rings (SSSR count). The van der Waals surface area contributed by atoms with Crippen LogP contribution in [0.1, 0.15) is 46.0 Å². The summed E-state index contributed by atoms with van der Waals surface area (Å²) in [5, 5.41) is 0. The second-order valence-electron chi connectivity index (χ2n) is 5.10. The predicted octanol–water partition coefficient (Wildman–Crippen LogP) is 2.70. The molecule has 2 aromatic carbocycles. The van der Waals surface area contributed by atoms with Gasteiger partial charge in [-0.25, -0.2) is 9.59 Å². The molecule has 0 aromatic heterocycles. The van der Waals surface area contributed by atoms with E-state index in [1.807, 2.05) is 37.3 Å². The Hall–Kier alpha value is -0.620. The van der Waals surface area contributed by atoms with E-state index >= 15 is 0 Å². The van der Waals surface area contributed by atoms with Crippen LogP contribution in [0.5, 0.6) is 0 Å². The van der Waals surface area contributed by atoms with Crippen molar-refractivity contribution >= 4 is 71.1 Å². The summed E-state index contributed by atoms with van der Waals surface area (Å²) in [6.07, 6.45) is 1.74. The third kappa shape index (κ3) is 8.07. The molecule has 0 saturated heterocycles. The molecule has 0 N–H and O–H groups in total. The maximum absolute atomic E-state index is 12.2. The van der Waals surface area contributed by atoms with Crippen molar-refractivity contribution in [1.29, 1.82) is 0 Å². The molecule has 0 heterocycles. The summed E-state index contributed by atoms with van der Waals surface area (Å²) in [4.78, 5) is 24.3. The summed E-state index contributed by atoms with van der Waals surface area (Å²) in [6, 6.07) is 15.9. The summed E-state index contributed by atoms with van der Waals surface area (Å²) in [5.74, 6) is -1.03. The third-order valence-corrected chi connectivity index (χ3v) is 3.31. The van der Waals surface area contributed by atoms with Gasteiger partial charge in [0.2, 0.25) is 0 Å². The van der Waals surface area contributed by atoms with Gasteiger partial charge < -0.3 is 9.47 Å². The van der Waals surface area contributed by atoms with E-state index in [4.69, 9.17) is 9.47 Å². The van der Waals surface area contributed by atoms with Gasteiger partial charge in [0.05, 0.1) is 17.7 Å². The van der Waals surface area contributed by atoms with Gasteiger partial charge in [-0.05, 0) is 24.1 Å². The first kappa shape index (κ1) is 24.4. The summed E-state index contributed by atoms with van der Waals surface area (Å²) >= 11 is 0. The van der Waals surface area contributed by atoms with Crippen LogP contribution in [0.2, 0.25) is 0 Å². The van der Waals surface area contributed by atoms with Crippen LogP contribution in [0.3, 0.4) is 0 Å². The van der Waals surface area contributed by atoms with E-state index in [0.29, 0.717) is 6.61 Å². The van der Waals surface area contributed by atoms with Crippen LogP contribution in [0, 0.1) is 0 Å². The first-order chi connectivity index (χ1) is 11.2. The molecule has 0 aliphatic rings. The third-order valence-electron chi connectivity index (χ3n) is 3.31. The summed E-state index contributed by atoms with van der Waals surface area (Å²) in [6.45, 7) is 2.53. The molecular formula is C19H22Na2O4. The van der Waals surface area contributed by atoms with Crippen molar-refractivity contribution < 1.29 is 19.1 Å². The molecular weight excluding hydrogens is 338 g/mol. The fraction of sp³-hybridized carbons (Fsp3) is 0.263. The number of hydrogen-bond acceptors (Lipinski definition) is 4. The zero-order chi connectivity index (χ0) is 16.5. The average molecular weight is 360 g/mol. The summed E-state index contributed by atoms with van der Waals surface area (Å²) in [7, 11) is 0. The van der Waals surface area contributed by atoms with Crippen LogP contribution >= 0.6 is 0 Å². The Labute approximate surface area is 192 Å². The number of carbonyl (C=O) groups is 2. The summed E-state index contributed by atoms with van der Waals surface area (Å²) in [5.41, 5.74) is 1.36. The minimum absolute atomic E-state index is 0. The van der Waals surface area contributed by atoms with E-state index in [0.717, 1.165) is 18.4 Å². The standard InChI is InChI=1S/C19H20O4.2Na.2H/c1-2-3-13-22-18(20)16-11-7-8-12-17(16)19(21)23-14-15-9-5-4-6-10-15;;;;/h4-12H,2-3,13-14H2,1H3;;;;. The van der Waals surface area contributed by atoms with E-state index in [1.165, 1.54) is 0 Å². The molecule has 0 bridgehead atoms. The van der Waals surface area contributed by atoms with E-state index in [-0.39, 0.29) is 76.8 Å². The topological polar surface area (TPSA) is 52.6 Å². The van der Waals surface area contributed by atoms with E-state index < -0.39 is 11.9 Å². The van der Waals surface area contributed by atoms with Crippen LogP contribution < -0.4 is 0 Å². The second-order valence-corrected chi connectivity index (χ2v) is 5.10. The molecule has 0 aliphatic carbocycles. The van der Waals surface area contributed by atoms with E-state index in [1.54, 1.807) is 24.3 Å². The number of ether oxygens (including phenoxy) is 2. The monoisotopic (exact) mass is 360 g/mol. The minimum atomic E-state index is -0.531. The molecule has 0 radical (unpaired) electrons. The first-order valence-electron chi connectivity index (χ1n) is 7.69. The van der Waals surface area contributed by atoms with Gasteiger partial charge in [-0.15, -0.1) is 0 Å². The molecule has 4 nitrogen and oxygen atoms in total. The predicted molar refractivity (Wildman–Crippen MR) is 101 cm³/mol. The number of hydrogen-bond donors (Lipinski definition) is 0. The Bertz CT molecular complexity index is 659. The van der Waals surface area contributed by atoms with Crippen molar-refractivity contribution in [2.75, 3.05) is 6.61 Å². The maximum atomic E-state index is 12.2. The molecule has 0 fully saturated rings. The number of unbranched alkanes of at least 4 members (excludes halogenated alkanes) is 1. The van der Waals surface area contributed by atoms with Gasteiger partial charge >= 0.3 is 71.1 Å². The number of carbonyl (C=O) groups excluding carboxylic acids is 2. The zero-order valence-electron chi connectivity index (χ0n) is 13.2. The quantitative estimate of drug-likeness (QED) is 0.433. The van der Waals surface area contributed by atoms with Gasteiger partial charge in [-0.1, -0.05) is 55.8 Å². The SMILES string of the molecule is CCCCOC(=O)c1ccccc1C(=O)OCc1ccccc1.[NaH].[NaH]. The fourth-order valence-corrected chi connectivity index (χ4v) is 2.03. The normalized spacial score (nSPS) is 9.32. The van der Waals surface area contributed by atoms with Gasteiger partial charge in [0, 0.05) is 0 Å². The van der Waals surface area contributed by atoms with Crippen molar-refractivity contribution in [3.05, 3.63) is 71.3 Å². The number of rotatable bonds is 7. The van der Waals surface area contributed by atoms with Crippen molar-refractivity contribution in [1.82, 2.24) is 0 Å². The van der Waals surface area contributed by atoms with Crippen molar-refractivity contribution in [3.8, 4) is 0 Å². The van der Waals surface area contributed by atoms with Gasteiger partial charge in [0.25, 0.3) is 0 Å². The Kier molecular flexibility index (Phi) is 13.2. The van der Waals surface area contributed by atoms with Crippen molar-refractivity contribution in [2.45, 2.75) is 26.4 Å². The van der Waals surface area contributed by atoms with Crippen LogP contribution in [-0.4, -0.2) is 77.7 Å². The molecule has 25 heavy (non-hydrogen) atoms. The Morgan fingerprint density at radius 1 is 0.800 bits per heavy atom. The van der Waals surface area contributed by atoms with Gasteiger partial charge in [-0.2, -0.15) is 0 Å². The fourth-order valence-electron chi connectivity index (χ4n) is 2.03. The van der Waals surface area contributed by atoms with Crippen LogP contribution in [-0.2, 0) is 16.1 Å². The molecule has 0 aliphatic heterocycles. The molecule has 0 spiro atoms. The molecule has 6 heteroatoms. The average Bonchev–Trinajstić information content (AvgIpc) is 2.60. The molecule has 2 aromatic rings. The van der Waals surface area contributed by atoms with E-state index in [2.05, 4.69) is 0 Å². The number of benzene rings is 2. The van der Waals surface area contributed by atoms with E-state index in [9.17, 15) is 9.59 Å². The first-order valence-corrected chi connectivity index (χ1v) is 7.69. The Balaban J connectivity index is 0.00000288.